The number of imidazole rings is 1. The van der Waals surface area contributed by atoms with Gasteiger partial charge in [-0.25, -0.2) is 13.4 Å². The van der Waals surface area contributed by atoms with Crippen LogP contribution in [-0.4, -0.2) is 23.6 Å². The summed E-state index contributed by atoms with van der Waals surface area (Å²) in [5.41, 5.74) is 6.44. The number of aryl methyl sites for hydroxylation is 3. The second kappa shape index (κ2) is 6.99. The monoisotopic (exact) mass is 372 g/mol. The van der Waals surface area contributed by atoms with Crippen molar-refractivity contribution in [1.82, 2.24) is 9.38 Å². The third-order valence-corrected chi connectivity index (χ3v) is 5.93. The van der Waals surface area contributed by atoms with Crippen LogP contribution >= 0.6 is 0 Å². The molecule has 0 radical (unpaired) electrons. The van der Waals surface area contributed by atoms with Crippen molar-refractivity contribution in [3.8, 4) is 0 Å². The van der Waals surface area contributed by atoms with E-state index >= 15 is 0 Å². The summed E-state index contributed by atoms with van der Waals surface area (Å²) in [5, 5.41) is 3.41. The Hall–Kier alpha value is -2.54. The summed E-state index contributed by atoms with van der Waals surface area (Å²) in [6.45, 7) is 8.13. The molecule has 0 aliphatic carbocycles. The number of anilines is 2. The number of nitrogens with zero attached hydrogens (tertiary/aromatic N) is 2. The minimum Gasteiger partial charge on any atom is -0.378 e. The SMILES string of the molecule is CCS(=O)(=O)Nc1cccc(C)c1CNc1cccn2c(C)c(C)nc12. The molecule has 2 N–H and O–H groups in total. The number of nitrogens with one attached hydrogen (secondary N) is 2. The van der Waals surface area contributed by atoms with Crippen molar-refractivity contribution in [2.45, 2.75) is 34.2 Å². The molecule has 0 saturated carbocycles. The van der Waals surface area contributed by atoms with Gasteiger partial charge < -0.3 is 9.72 Å². The fraction of sp³-hybridized carbons (Fsp3) is 0.316. The third kappa shape index (κ3) is 3.53. The van der Waals surface area contributed by atoms with Gasteiger partial charge in [-0.05, 0) is 57.0 Å². The maximum Gasteiger partial charge on any atom is 0.232 e. The molecule has 1 aromatic carbocycles. The first-order valence-corrected chi connectivity index (χ1v) is 10.2. The fourth-order valence-electron chi connectivity index (χ4n) is 2.89. The lowest BCUT2D eigenvalue weighted by atomic mass is 10.1. The summed E-state index contributed by atoms with van der Waals surface area (Å²) in [6.07, 6.45) is 1.99. The van der Waals surface area contributed by atoms with Crippen molar-refractivity contribution >= 4 is 27.0 Å². The van der Waals surface area contributed by atoms with Crippen molar-refractivity contribution in [2.75, 3.05) is 15.8 Å². The molecule has 0 amide bonds. The average molecular weight is 372 g/mol. The van der Waals surface area contributed by atoms with E-state index in [-0.39, 0.29) is 5.75 Å². The Morgan fingerprint density at radius 1 is 1.08 bits per heavy atom. The van der Waals surface area contributed by atoms with Crippen molar-refractivity contribution in [1.29, 1.82) is 0 Å². The topological polar surface area (TPSA) is 75.5 Å². The quantitative estimate of drug-likeness (QED) is 0.693. The van der Waals surface area contributed by atoms with E-state index in [2.05, 4.69) is 19.4 Å². The van der Waals surface area contributed by atoms with E-state index in [1.165, 1.54) is 0 Å². The van der Waals surface area contributed by atoms with Crippen LogP contribution < -0.4 is 10.0 Å². The molecular formula is C19H24N4O2S. The molecule has 138 valence electrons. The zero-order chi connectivity index (χ0) is 18.9. The number of hydrogen-bond donors (Lipinski definition) is 2. The zero-order valence-electron chi connectivity index (χ0n) is 15.5. The highest BCUT2D eigenvalue weighted by atomic mass is 32.2. The molecule has 0 spiro atoms. The second-order valence-corrected chi connectivity index (χ2v) is 8.37. The van der Waals surface area contributed by atoms with Crippen LogP contribution in [0.3, 0.4) is 0 Å². The van der Waals surface area contributed by atoms with Gasteiger partial charge in [0.1, 0.15) is 0 Å². The van der Waals surface area contributed by atoms with E-state index < -0.39 is 10.0 Å². The molecule has 2 aromatic heterocycles. The van der Waals surface area contributed by atoms with Crippen molar-refractivity contribution in [3.63, 3.8) is 0 Å². The smallest absolute Gasteiger partial charge is 0.232 e. The Bertz CT molecular complexity index is 1050. The first-order valence-electron chi connectivity index (χ1n) is 8.59. The van der Waals surface area contributed by atoms with Crippen LogP contribution in [0.15, 0.2) is 36.5 Å². The normalized spacial score (nSPS) is 11.7. The van der Waals surface area contributed by atoms with Crippen molar-refractivity contribution in [2.24, 2.45) is 0 Å². The van der Waals surface area contributed by atoms with E-state index in [4.69, 9.17) is 0 Å². The molecule has 2 heterocycles. The van der Waals surface area contributed by atoms with E-state index in [1.54, 1.807) is 13.0 Å². The summed E-state index contributed by atoms with van der Waals surface area (Å²) in [5.74, 6) is 0.0414. The first kappa shape index (κ1) is 18.3. The summed E-state index contributed by atoms with van der Waals surface area (Å²) in [6, 6.07) is 9.58. The highest BCUT2D eigenvalue weighted by Gasteiger charge is 2.13. The third-order valence-electron chi connectivity index (χ3n) is 4.64. The molecule has 7 heteroatoms. The Morgan fingerprint density at radius 3 is 2.54 bits per heavy atom. The second-order valence-electron chi connectivity index (χ2n) is 6.36. The molecule has 0 bridgehead atoms. The lowest BCUT2D eigenvalue weighted by molar-refractivity contribution is 0.602. The molecule has 3 rings (SSSR count). The number of pyridine rings is 1. The lowest BCUT2D eigenvalue weighted by Crippen LogP contribution is -2.17. The van der Waals surface area contributed by atoms with Gasteiger partial charge in [0.15, 0.2) is 5.65 Å². The van der Waals surface area contributed by atoms with Gasteiger partial charge in [-0.1, -0.05) is 12.1 Å². The zero-order valence-corrected chi connectivity index (χ0v) is 16.3. The van der Waals surface area contributed by atoms with E-state index in [9.17, 15) is 8.42 Å². The van der Waals surface area contributed by atoms with Gasteiger partial charge >= 0.3 is 0 Å². The van der Waals surface area contributed by atoms with Crippen molar-refractivity contribution < 1.29 is 8.42 Å². The Labute approximate surface area is 154 Å². The Morgan fingerprint density at radius 2 is 1.81 bits per heavy atom. The predicted octanol–water partition coefficient (Wildman–Crippen LogP) is 3.63. The van der Waals surface area contributed by atoms with Crippen LogP contribution in [0.5, 0.6) is 0 Å². The molecule has 0 unspecified atom stereocenters. The number of aromatic nitrogens is 2. The van der Waals surface area contributed by atoms with Gasteiger partial charge in [0, 0.05) is 18.4 Å². The number of rotatable bonds is 6. The average Bonchev–Trinajstić information content (AvgIpc) is 2.89. The van der Waals surface area contributed by atoms with Gasteiger partial charge in [-0.2, -0.15) is 0 Å². The molecule has 0 saturated heterocycles. The van der Waals surface area contributed by atoms with Crippen LogP contribution in [-0.2, 0) is 16.6 Å². The highest BCUT2D eigenvalue weighted by Crippen LogP contribution is 2.24. The minimum absolute atomic E-state index is 0.0414. The lowest BCUT2D eigenvalue weighted by Gasteiger charge is -2.16. The van der Waals surface area contributed by atoms with Crippen LogP contribution in [0.25, 0.3) is 5.65 Å². The molecule has 6 nitrogen and oxygen atoms in total. The maximum atomic E-state index is 12.0. The van der Waals surface area contributed by atoms with Gasteiger partial charge in [0.05, 0.1) is 22.8 Å². The molecule has 3 aromatic rings. The van der Waals surface area contributed by atoms with Crippen molar-refractivity contribution in [3.05, 3.63) is 59.0 Å². The summed E-state index contributed by atoms with van der Waals surface area (Å²) < 4.78 is 28.7. The molecular weight excluding hydrogens is 348 g/mol. The van der Waals surface area contributed by atoms with Gasteiger partial charge in [-0.15, -0.1) is 0 Å². The minimum atomic E-state index is -3.33. The Balaban J connectivity index is 1.92. The maximum absolute atomic E-state index is 12.0. The van der Waals surface area contributed by atoms with Crippen LogP contribution in [0.2, 0.25) is 0 Å². The first-order chi connectivity index (χ1) is 12.3. The molecule has 0 atom stereocenters. The summed E-state index contributed by atoms with van der Waals surface area (Å²) in [4.78, 5) is 4.63. The summed E-state index contributed by atoms with van der Waals surface area (Å²) >= 11 is 0. The van der Waals surface area contributed by atoms with Crippen LogP contribution in [0.1, 0.15) is 29.4 Å². The van der Waals surface area contributed by atoms with Crippen LogP contribution in [0, 0.1) is 20.8 Å². The molecule has 0 aliphatic heterocycles. The standard InChI is InChI=1S/C19H24N4O2S/c1-5-26(24,25)22-17-9-6-8-13(2)16(17)12-20-18-10-7-11-23-15(4)14(3)21-19(18)23/h6-11,20,22H,5,12H2,1-4H3. The van der Waals surface area contributed by atoms with E-state index in [0.717, 1.165) is 33.8 Å². The molecule has 0 fully saturated rings. The van der Waals surface area contributed by atoms with Gasteiger partial charge in [0.25, 0.3) is 0 Å². The van der Waals surface area contributed by atoms with Gasteiger partial charge in [0.2, 0.25) is 10.0 Å². The Kier molecular flexibility index (Phi) is 4.91. The summed E-state index contributed by atoms with van der Waals surface area (Å²) in [7, 11) is -3.33. The predicted molar refractivity (Wildman–Crippen MR) is 106 cm³/mol. The number of sulfonamides is 1. The largest absolute Gasteiger partial charge is 0.378 e. The van der Waals surface area contributed by atoms with E-state index in [0.29, 0.717) is 12.2 Å². The number of fused-ring (bicyclic) bond motifs is 1. The molecule has 0 aliphatic rings. The van der Waals surface area contributed by atoms with E-state index in [1.807, 2.05) is 51.2 Å². The number of benzene rings is 1. The van der Waals surface area contributed by atoms with Gasteiger partial charge in [-0.3, -0.25) is 4.72 Å². The highest BCUT2D eigenvalue weighted by molar-refractivity contribution is 7.92. The van der Waals surface area contributed by atoms with Crippen LogP contribution in [0.4, 0.5) is 11.4 Å². The fourth-order valence-corrected chi connectivity index (χ4v) is 3.56. The number of hydrogen-bond acceptors (Lipinski definition) is 4. The molecule has 26 heavy (non-hydrogen) atoms.